The largest absolute Gasteiger partial charge is 0.312 e. The number of hydrogen-bond acceptors (Lipinski definition) is 5. The van der Waals surface area contributed by atoms with Crippen molar-refractivity contribution in [3.63, 3.8) is 0 Å². The molecule has 1 aromatic rings. The van der Waals surface area contributed by atoms with E-state index in [1.54, 1.807) is 6.92 Å². The van der Waals surface area contributed by atoms with Gasteiger partial charge in [0.05, 0.1) is 18.8 Å². The molecule has 0 radical (unpaired) electrons. The second-order valence-corrected chi connectivity index (χ2v) is 5.69. The maximum absolute atomic E-state index is 11.1. The fourth-order valence-corrected chi connectivity index (χ4v) is 1.55. The van der Waals surface area contributed by atoms with E-state index in [2.05, 4.69) is 5.10 Å². The van der Waals surface area contributed by atoms with Crippen LogP contribution in [0.5, 0.6) is 0 Å². The van der Waals surface area contributed by atoms with Crippen molar-refractivity contribution in [3.05, 3.63) is 12.4 Å². The molecule has 0 saturated heterocycles. The Bertz CT molecular complexity index is 495. The second-order valence-electron chi connectivity index (χ2n) is 3.68. The Balaban J connectivity index is 2.93. The van der Waals surface area contributed by atoms with Crippen LogP contribution in [0.15, 0.2) is 17.3 Å². The second kappa shape index (κ2) is 3.64. The molecule has 0 saturated carbocycles. The molecule has 6 nitrogen and oxygen atoms in total. The molecule has 0 aliphatic rings. The van der Waals surface area contributed by atoms with Crippen LogP contribution in [0.1, 0.15) is 6.92 Å². The number of rotatable bonds is 3. The third kappa shape index (κ3) is 3.04. The van der Waals surface area contributed by atoms with Crippen LogP contribution in [0, 0.1) is 11.3 Å². The van der Waals surface area contributed by atoms with Gasteiger partial charge in [0.25, 0.3) is 0 Å². The van der Waals surface area contributed by atoms with Gasteiger partial charge in [-0.05, 0) is 6.92 Å². The molecule has 82 valence electrons. The minimum absolute atomic E-state index is 0.122. The monoisotopic (exact) mass is 228 g/mol. The first-order chi connectivity index (χ1) is 6.74. The zero-order chi connectivity index (χ0) is 11.7. The van der Waals surface area contributed by atoms with E-state index in [-0.39, 0.29) is 11.4 Å². The van der Waals surface area contributed by atoms with Gasteiger partial charge in [-0.25, -0.2) is 8.42 Å². The van der Waals surface area contributed by atoms with Crippen LogP contribution in [-0.4, -0.2) is 30.0 Å². The summed E-state index contributed by atoms with van der Waals surface area (Å²) in [6.07, 6.45) is 3.70. The molecule has 1 unspecified atom stereocenters. The molecule has 0 bridgehead atoms. The lowest BCUT2D eigenvalue weighted by Crippen LogP contribution is -2.39. The summed E-state index contributed by atoms with van der Waals surface area (Å²) >= 11 is 0. The fraction of sp³-hybridized carbons (Fsp3) is 0.500. The maximum atomic E-state index is 11.1. The van der Waals surface area contributed by atoms with Gasteiger partial charge in [0.2, 0.25) is 0 Å². The number of hydrogen-bond donors (Lipinski definition) is 1. The maximum Gasteiger partial charge on any atom is 0.178 e. The van der Waals surface area contributed by atoms with Crippen molar-refractivity contribution in [1.29, 1.82) is 5.26 Å². The molecule has 1 heterocycles. The number of nitrogens with zero attached hydrogens (tertiary/aromatic N) is 3. The minimum Gasteiger partial charge on any atom is -0.312 e. The smallest absolute Gasteiger partial charge is 0.178 e. The van der Waals surface area contributed by atoms with E-state index in [4.69, 9.17) is 11.0 Å². The van der Waals surface area contributed by atoms with Crippen molar-refractivity contribution < 1.29 is 8.42 Å². The first kappa shape index (κ1) is 11.7. The zero-order valence-electron chi connectivity index (χ0n) is 8.51. The summed E-state index contributed by atoms with van der Waals surface area (Å²) in [7, 11) is -3.25. The van der Waals surface area contributed by atoms with Gasteiger partial charge in [0, 0.05) is 12.5 Å². The molecule has 0 aromatic carbocycles. The average molecular weight is 228 g/mol. The lowest BCUT2D eigenvalue weighted by Gasteiger charge is -2.14. The molecule has 0 aliphatic carbocycles. The molecule has 0 aliphatic heterocycles. The van der Waals surface area contributed by atoms with Crippen LogP contribution in [-0.2, 0) is 16.4 Å². The van der Waals surface area contributed by atoms with Crippen molar-refractivity contribution in [2.75, 3.05) is 6.26 Å². The summed E-state index contributed by atoms with van der Waals surface area (Å²) in [5, 5.41) is 12.5. The van der Waals surface area contributed by atoms with E-state index < -0.39 is 15.4 Å². The lowest BCUT2D eigenvalue weighted by molar-refractivity contribution is 0.459. The van der Waals surface area contributed by atoms with Gasteiger partial charge in [0.15, 0.2) is 9.84 Å². The highest BCUT2D eigenvalue weighted by atomic mass is 32.2. The summed E-state index contributed by atoms with van der Waals surface area (Å²) in [6, 6.07) is 1.91. The molecule has 7 heteroatoms. The van der Waals surface area contributed by atoms with E-state index in [0.717, 1.165) is 6.26 Å². The normalized spacial score (nSPS) is 15.6. The molecule has 15 heavy (non-hydrogen) atoms. The van der Waals surface area contributed by atoms with Gasteiger partial charge < -0.3 is 5.73 Å². The first-order valence-electron chi connectivity index (χ1n) is 4.17. The van der Waals surface area contributed by atoms with Gasteiger partial charge in [-0.15, -0.1) is 0 Å². The Labute approximate surface area is 88.2 Å². The van der Waals surface area contributed by atoms with Crippen molar-refractivity contribution in [3.8, 4) is 6.07 Å². The summed E-state index contributed by atoms with van der Waals surface area (Å²) < 4.78 is 23.6. The summed E-state index contributed by atoms with van der Waals surface area (Å²) in [5.41, 5.74) is 4.54. The quantitative estimate of drug-likeness (QED) is 0.753. The van der Waals surface area contributed by atoms with Crippen LogP contribution in [0.3, 0.4) is 0 Å². The number of sulfone groups is 1. The molecular weight excluding hydrogens is 216 g/mol. The van der Waals surface area contributed by atoms with E-state index in [1.807, 2.05) is 6.07 Å². The Morgan fingerprint density at radius 2 is 2.33 bits per heavy atom. The molecule has 0 amide bonds. The van der Waals surface area contributed by atoms with Crippen molar-refractivity contribution in [1.82, 2.24) is 9.78 Å². The third-order valence-corrected chi connectivity index (χ3v) is 2.85. The highest BCUT2D eigenvalue weighted by molar-refractivity contribution is 7.90. The van der Waals surface area contributed by atoms with Crippen molar-refractivity contribution in [2.45, 2.75) is 23.9 Å². The highest BCUT2D eigenvalue weighted by Gasteiger charge is 2.19. The minimum atomic E-state index is -3.25. The Morgan fingerprint density at radius 1 is 1.73 bits per heavy atom. The van der Waals surface area contributed by atoms with E-state index >= 15 is 0 Å². The zero-order valence-corrected chi connectivity index (χ0v) is 9.32. The van der Waals surface area contributed by atoms with Crippen LogP contribution < -0.4 is 5.73 Å². The Hall–Kier alpha value is -1.39. The predicted octanol–water partition coefficient (Wildman–Crippen LogP) is -0.472. The Kier molecular flexibility index (Phi) is 2.83. The standard InChI is InChI=1S/C8H12N4O2S/c1-8(10,5-9)6-12-4-7(3-11-12)15(2,13)14/h3-4H,6,10H2,1-2H3. The first-order valence-corrected chi connectivity index (χ1v) is 6.06. The molecule has 0 fully saturated rings. The van der Waals surface area contributed by atoms with Crippen LogP contribution in [0.2, 0.25) is 0 Å². The molecule has 1 rings (SSSR count). The highest BCUT2D eigenvalue weighted by Crippen LogP contribution is 2.08. The number of nitriles is 1. The molecular formula is C8H12N4O2S. The van der Waals surface area contributed by atoms with Crippen molar-refractivity contribution in [2.24, 2.45) is 5.73 Å². The van der Waals surface area contributed by atoms with Crippen LogP contribution in [0.25, 0.3) is 0 Å². The van der Waals surface area contributed by atoms with Crippen molar-refractivity contribution >= 4 is 9.84 Å². The van der Waals surface area contributed by atoms with Gasteiger partial charge in [-0.2, -0.15) is 10.4 Å². The van der Waals surface area contributed by atoms with E-state index in [1.165, 1.54) is 17.1 Å². The average Bonchev–Trinajstić information content (AvgIpc) is 2.51. The number of nitrogens with two attached hydrogens (primary N) is 1. The lowest BCUT2D eigenvalue weighted by atomic mass is 10.1. The van der Waals surface area contributed by atoms with Gasteiger partial charge >= 0.3 is 0 Å². The number of aromatic nitrogens is 2. The molecule has 0 spiro atoms. The van der Waals surface area contributed by atoms with E-state index in [9.17, 15) is 8.42 Å². The third-order valence-electron chi connectivity index (χ3n) is 1.78. The van der Waals surface area contributed by atoms with E-state index in [0.29, 0.717) is 0 Å². The van der Waals surface area contributed by atoms with Gasteiger partial charge in [-0.1, -0.05) is 0 Å². The Morgan fingerprint density at radius 3 is 2.73 bits per heavy atom. The topological polar surface area (TPSA) is 102 Å². The van der Waals surface area contributed by atoms with Crippen LogP contribution in [0.4, 0.5) is 0 Å². The fourth-order valence-electron chi connectivity index (χ4n) is 0.994. The SMILES string of the molecule is CC(N)(C#N)Cn1cc(S(C)(=O)=O)cn1. The molecule has 1 aromatic heterocycles. The van der Waals surface area contributed by atoms with Gasteiger partial charge in [-0.3, -0.25) is 4.68 Å². The molecule has 2 N–H and O–H groups in total. The van der Waals surface area contributed by atoms with Gasteiger partial charge in [0.1, 0.15) is 10.4 Å². The van der Waals surface area contributed by atoms with Crippen LogP contribution >= 0.6 is 0 Å². The summed E-state index contributed by atoms with van der Waals surface area (Å²) in [4.78, 5) is 0.122. The molecule has 1 atom stereocenters. The summed E-state index contributed by atoms with van der Waals surface area (Å²) in [5.74, 6) is 0. The predicted molar refractivity (Wildman–Crippen MR) is 53.5 cm³/mol. The summed E-state index contributed by atoms with van der Waals surface area (Å²) in [6.45, 7) is 1.70.